The predicted octanol–water partition coefficient (Wildman–Crippen LogP) is 6.39. The fourth-order valence-electron chi connectivity index (χ4n) is 3.63. The molecule has 3 rings (SSSR count). The number of halogens is 2. The van der Waals surface area contributed by atoms with Crippen LogP contribution in [0.25, 0.3) is 0 Å². The summed E-state index contributed by atoms with van der Waals surface area (Å²) in [4.78, 5) is 28.5. The van der Waals surface area contributed by atoms with Crippen LogP contribution in [0.2, 0.25) is 10.0 Å². The summed E-state index contributed by atoms with van der Waals surface area (Å²) in [6, 6.07) is 24.2. The highest BCUT2D eigenvalue weighted by molar-refractivity contribution is 7.99. The maximum absolute atomic E-state index is 13.5. The van der Waals surface area contributed by atoms with Gasteiger partial charge in [-0.3, -0.25) is 9.59 Å². The number of hydrogen-bond donors (Lipinski definition) is 1. The highest BCUT2D eigenvalue weighted by atomic mass is 35.5. The summed E-state index contributed by atoms with van der Waals surface area (Å²) in [6.07, 6.45) is 1.27. The molecule has 0 heterocycles. The van der Waals surface area contributed by atoms with Gasteiger partial charge >= 0.3 is 0 Å². The van der Waals surface area contributed by atoms with E-state index >= 15 is 0 Å². The minimum absolute atomic E-state index is 0.0773. The van der Waals surface area contributed by atoms with Crippen LogP contribution in [0.15, 0.2) is 78.9 Å². The van der Waals surface area contributed by atoms with Gasteiger partial charge in [0.2, 0.25) is 11.8 Å². The van der Waals surface area contributed by atoms with E-state index in [1.54, 1.807) is 17.0 Å². The molecule has 0 aromatic heterocycles. The third-order valence-electron chi connectivity index (χ3n) is 5.49. The zero-order chi connectivity index (χ0) is 25.0. The van der Waals surface area contributed by atoms with Crippen molar-refractivity contribution in [2.24, 2.45) is 0 Å². The Morgan fingerprint density at radius 3 is 2.06 bits per heavy atom. The number of carbonyl (C=O) groups is 2. The molecule has 0 aliphatic heterocycles. The van der Waals surface area contributed by atoms with Crippen LogP contribution in [0.5, 0.6) is 0 Å². The molecule has 4 nitrogen and oxygen atoms in total. The van der Waals surface area contributed by atoms with Crippen LogP contribution < -0.4 is 5.32 Å². The zero-order valence-corrected chi connectivity index (χ0v) is 22.1. The Kier molecular flexibility index (Phi) is 11.0. The lowest BCUT2D eigenvalue weighted by Crippen LogP contribution is -2.51. The molecule has 0 saturated carbocycles. The number of benzene rings is 3. The van der Waals surface area contributed by atoms with E-state index in [0.29, 0.717) is 35.3 Å². The van der Waals surface area contributed by atoms with Crippen LogP contribution in [0.4, 0.5) is 0 Å². The number of rotatable bonds is 12. The van der Waals surface area contributed by atoms with Crippen LogP contribution in [-0.4, -0.2) is 35.1 Å². The largest absolute Gasteiger partial charge is 0.354 e. The van der Waals surface area contributed by atoms with E-state index in [9.17, 15) is 9.59 Å². The minimum atomic E-state index is -0.622. The van der Waals surface area contributed by atoms with Crippen molar-refractivity contribution < 1.29 is 9.59 Å². The number of nitrogens with zero attached hydrogens (tertiary/aromatic N) is 1. The standard InChI is InChI=1S/C28H30Cl2N2O2S/c1-2-16-31-28(34)26(17-21-6-4-3-5-7-21)32(18-22-8-12-24(29)13-9-22)27(33)20-35-19-23-10-14-25(30)15-11-23/h3-15,26H,2,16-20H2,1H3,(H,31,34). The number of hydrogen-bond acceptors (Lipinski definition) is 3. The number of amides is 2. The first-order valence-electron chi connectivity index (χ1n) is 11.6. The van der Waals surface area contributed by atoms with Crippen molar-refractivity contribution in [1.29, 1.82) is 0 Å². The Balaban J connectivity index is 1.81. The van der Waals surface area contributed by atoms with Gasteiger partial charge in [0.25, 0.3) is 0 Å². The number of thioether (sulfide) groups is 1. The molecule has 1 atom stereocenters. The zero-order valence-electron chi connectivity index (χ0n) is 19.8. The molecule has 0 aliphatic rings. The summed E-state index contributed by atoms with van der Waals surface area (Å²) in [5, 5.41) is 4.31. The van der Waals surface area contributed by atoms with Crippen LogP contribution >= 0.6 is 35.0 Å². The topological polar surface area (TPSA) is 49.4 Å². The van der Waals surface area contributed by atoms with E-state index in [-0.39, 0.29) is 17.6 Å². The van der Waals surface area contributed by atoms with Gasteiger partial charge in [0.05, 0.1) is 5.75 Å². The summed E-state index contributed by atoms with van der Waals surface area (Å²) < 4.78 is 0. The molecule has 0 bridgehead atoms. The Hall–Kier alpha value is -2.47. The molecule has 7 heteroatoms. The van der Waals surface area contributed by atoms with Gasteiger partial charge in [-0.25, -0.2) is 0 Å². The normalized spacial score (nSPS) is 11.6. The first-order chi connectivity index (χ1) is 17.0. The van der Waals surface area contributed by atoms with Crippen LogP contribution in [-0.2, 0) is 28.3 Å². The van der Waals surface area contributed by atoms with Crippen LogP contribution in [0.1, 0.15) is 30.0 Å². The molecule has 35 heavy (non-hydrogen) atoms. The summed E-state index contributed by atoms with van der Waals surface area (Å²) >= 11 is 13.6. The van der Waals surface area contributed by atoms with Crippen molar-refractivity contribution in [3.63, 3.8) is 0 Å². The van der Waals surface area contributed by atoms with Crippen molar-refractivity contribution in [3.05, 3.63) is 106 Å². The van der Waals surface area contributed by atoms with Gasteiger partial charge < -0.3 is 10.2 Å². The Labute approximate surface area is 222 Å². The molecule has 2 amide bonds. The first-order valence-corrected chi connectivity index (χ1v) is 13.5. The Morgan fingerprint density at radius 1 is 0.857 bits per heavy atom. The molecular weight excluding hydrogens is 499 g/mol. The first kappa shape index (κ1) is 27.1. The third kappa shape index (κ3) is 8.92. The molecule has 0 radical (unpaired) electrons. The molecule has 0 spiro atoms. The van der Waals surface area contributed by atoms with E-state index in [1.807, 2.05) is 73.7 Å². The lowest BCUT2D eigenvalue weighted by Gasteiger charge is -2.31. The number of nitrogens with one attached hydrogen (secondary N) is 1. The molecule has 184 valence electrons. The molecular formula is C28H30Cl2N2O2S. The average molecular weight is 530 g/mol. The number of carbonyl (C=O) groups excluding carboxylic acids is 2. The summed E-state index contributed by atoms with van der Waals surface area (Å²) in [5.74, 6) is 0.734. The lowest BCUT2D eigenvalue weighted by atomic mass is 10.0. The second-order valence-corrected chi connectivity index (χ2v) is 10.1. The summed E-state index contributed by atoms with van der Waals surface area (Å²) in [5.41, 5.74) is 3.02. The van der Waals surface area contributed by atoms with Gasteiger partial charge in [-0.2, -0.15) is 0 Å². The van der Waals surface area contributed by atoms with Gasteiger partial charge in [-0.1, -0.05) is 84.7 Å². The van der Waals surface area contributed by atoms with E-state index < -0.39 is 6.04 Å². The highest BCUT2D eigenvalue weighted by Gasteiger charge is 2.30. The summed E-state index contributed by atoms with van der Waals surface area (Å²) in [7, 11) is 0. The smallest absolute Gasteiger partial charge is 0.243 e. The minimum Gasteiger partial charge on any atom is -0.354 e. The maximum Gasteiger partial charge on any atom is 0.243 e. The van der Waals surface area contributed by atoms with Gasteiger partial charge in [0, 0.05) is 35.3 Å². The van der Waals surface area contributed by atoms with E-state index in [0.717, 1.165) is 23.1 Å². The summed E-state index contributed by atoms with van der Waals surface area (Å²) in [6.45, 7) is 2.91. The molecule has 0 saturated heterocycles. The average Bonchev–Trinajstić information content (AvgIpc) is 2.87. The lowest BCUT2D eigenvalue weighted by molar-refractivity contribution is -0.139. The Bertz CT molecular complexity index is 1080. The fraction of sp³-hybridized carbons (Fsp3) is 0.286. The molecule has 3 aromatic rings. The second kappa shape index (κ2) is 14.2. The molecule has 1 unspecified atom stereocenters. The van der Waals surface area contributed by atoms with Crippen molar-refractivity contribution in [2.75, 3.05) is 12.3 Å². The molecule has 3 aromatic carbocycles. The molecule has 1 N–H and O–H groups in total. The van der Waals surface area contributed by atoms with Gasteiger partial charge in [0.1, 0.15) is 6.04 Å². The van der Waals surface area contributed by atoms with Gasteiger partial charge in [-0.15, -0.1) is 11.8 Å². The van der Waals surface area contributed by atoms with E-state index in [1.165, 1.54) is 11.8 Å². The van der Waals surface area contributed by atoms with Crippen LogP contribution in [0, 0.1) is 0 Å². The predicted molar refractivity (Wildman–Crippen MR) is 147 cm³/mol. The van der Waals surface area contributed by atoms with Crippen molar-refractivity contribution in [3.8, 4) is 0 Å². The van der Waals surface area contributed by atoms with Crippen molar-refractivity contribution >= 4 is 46.8 Å². The van der Waals surface area contributed by atoms with Crippen molar-refractivity contribution in [2.45, 2.75) is 38.1 Å². The van der Waals surface area contributed by atoms with Gasteiger partial charge in [0.15, 0.2) is 0 Å². The SMILES string of the molecule is CCCNC(=O)C(Cc1ccccc1)N(Cc1ccc(Cl)cc1)C(=O)CSCc1ccc(Cl)cc1. The molecule has 0 aliphatic carbocycles. The maximum atomic E-state index is 13.5. The Morgan fingerprint density at radius 2 is 1.46 bits per heavy atom. The van der Waals surface area contributed by atoms with Crippen LogP contribution in [0.3, 0.4) is 0 Å². The highest BCUT2D eigenvalue weighted by Crippen LogP contribution is 2.20. The second-order valence-electron chi connectivity index (χ2n) is 8.26. The van der Waals surface area contributed by atoms with E-state index in [4.69, 9.17) is 23.2 Å². The van der Waals surface area contributed by atoms with Gasteiger partial charge in [-0.05, 0) is 47.4 Å². The fourth-order valence-corrected chi connectivity index (χ4v) is 4.75. The third-order valence-corrected chi connectivity index (χ3v) is 6.99. The quantitative estimate of drug-likeness (QED) is 0.296. The monoisotopic (exact) mass is 528 g/mol. The van der Waals surface area contributed by atoms with E-state index in [2.05, 4.69) is 5.32 Å². The van der Waals surface area contributed by atoms with Crippen molar-refractivity contribution in [1.82, 2.24) is 10.2 Å². The molecule has 0 fully saturated rings.